The lowest BCUT2D eigenvalue weighted by Gasteiger charge is -2.32. The van der Waals surface area contributed by atoms with Crippen LogP contribution in [0.2, 0.25) is 0 Å². The van der Waals surface area contributed by atoms with Gasteiger partial charge in [0.25, 0.3) is 0 Å². The fraction of sp³-hybridized carbons (Fsp3) is 0.929. The van der Waals surface area contributed by atoms with Crippen molar-refractivity contribution in [1.82, 2.24) is 20.2 Å². The highest BCUT2D eigenvalue weighted by Gasteiger charge is 2.32. The summed E-state index contributed by atoms with van der Waals surface area (Å²) in [5.74, 6) is 1.04. The van der Waals surface area contributed by atoms with E-state index in [-0.39, 0.29) is 6.10 Å². The summed E-state index contributed by atoms with van der Waals surface area (Å²) < 4.78 is 7.72. The number of nitrogens with one attached hydrogen (secondary N) is 2. The highest BCUT2D eigenvalue weighted by atomic mass is 16.5. The number of hydrogen-bond donors (Lipinski definition) is 2. The molecule has 7 heteroatoms. The van der Waals surface area contributed by atoms with Crippen LogP contribution in [0.5, 0.6) is 0 Å². The van der Waals surface area contributed by atoms with Crippen molar-refractivity contribution in [3.05, 3.63) is 5.82 Å². The van der Waals surface area contributed by atoms with Gasteiger partial charge < -0.3 is 14.5 Å². The lowest BCUT2D eigenvalue weighted by atomic mass is 10.1. The monoisotopic (exact) mass is 296 g/mol. The molecule has 0 unspecified atom stereocenters. The molecule has 0 spiro atoms. The van der Waals surface area contributed by atoms with Crippen molar-refractivity contribution < 1.29 is 14.5 Å². The van der Waals surface area contributed by atoms with Crippen LogP contribution in [0.15, 0.2) is 0 Å². The van der Waals surface area contributed by atoms with Gasteiger partial charge in [0.1, 0.15) is 32.2 Å². The fourth-order valence-corrected chi connectivity index (χ4v) is 3.57. The lowest BCUT2D eigenvalue weighted by molar-refractivity contribution is -1.02. The van der Waals surface area contributed by atoms with Crippen molar-refractivity contribution in [1.29, 1.82) is 0 Å². The molecule has 3 heterocycles. The maximum atomic E-state index is 5.73. The van der Waals surface area contributed by atoms with E-state index in [1.807, 2.05) is 4.68 Å². The number of piperazine rings is 1. The second-order valence-corrected chi connectivity index (χ2v) is 6.43. The molecule has 2 fully saturated rings. The van der Waals surface area contributed by atoms with E-state index in [1.165, 1.54) is 26.2 Å². The zero-order valence-electron chi connectivity index (χ0n) is 13.2. The molecular formula is C14H28N6O+2. The summed E-state index contributed by atoms with van der Waals surface area (Å²) in [6.07, 6.45) is 3.66. The molecule has 0 bridgehead atoms. The molecule has 0 aromatic carbocycles. The molecule has 2 saturated heterocycles. The van der Waals surface area contributed by atoms with Gasteiger partial charge in [0.05, 0.1) is 19.7 Å². The Hall–Kier alpha value is -1.05. The average Bonchev–Trinajstić information content (AvgIpc) is 3.15. The number of ether oxygens (including phenoxy) is 1. The highest BCUT2D eigenvalue weighted by molar-refractivity contribution is 4.88. The summed E-state index contributed by atoms with van der Waals surface area (Å²) in [4.78, 5) is 3.26. The Bertz CT molecular complexity index is 436. The van der Waals surface area contributed by atoms with Crippen LogP contribution < -0.4 is 9.80 Å². The van der Waals surface area contributed by atoms with E-state index in [0.29, 0.717) is 6.04 Å². The van der Waals surface area contributed by atoms with Gasteiger partial charge in [-0.1, -0.05) is 6.92 Å². The molecule has 2 N–H and O–H groups in total. The van der Waals surface area contributed by atoms with E-state index in [1.54, 1.807) is 9.80 Å². The normalized spacial score (nSPS) is 31.4. The van der Waals surface area contributed by atoms with E-state index in [2.05, 4.69) is 29.5 Å². The molecule has 1 aromatic rings. The van der Waals surface area contributed by atoms with Gasteiger partial charge in [-0.05, 0) is 23.3 Å². The van der Waals surface area contributed by atoms with Gasteiger partial charge in [0.2, 0.25) is 5.82 Å². The van der Waals surface area contributed by atoms with E-state index in [9.17, 15) is 0 Å². The smallest absolute Gasteiger partial charge is 0.209 e. The number of aromatic nitrogens is 4. The molecule has 0 saturated carbocycles. The van der Waals surface area contributed by atoms with Gasteiger partial charge in [-0.15, -0.1) is 5.10 Å². The molecule has 2 aliphatic heterocycles. The minimum absolute atomic E-state index is 0.289. The van der Waals surface area contributed by atoms with Crippen LogP contribution in [-0.2, 0) is 11.3 Å². The van der Waals surface area contributed by atoms with Crippen LogP contribution in [0, 0.1) is 0 Å². The third-order valence-electron chi connectivity index (χ3n) is 4.92. The average molecular weight is 296 g/mol. The Labute approximate surface area is 126 Å². The van der Waals surface area contributed by atoms with Crippen LogP contribution in [0.3, 0.4) is 0 Å². The first kappa shape index (κ1) is 14.9. The fourth-order valence-electron chi connectivity index (χ4n) is 3.57. The quantitative estimate of drug-likeness (QED) is 0.642. The van der Waals surface area contributed by atoms with E-state index in [0.717, 1.165) is 38.2 Å². The molecule has 0 radical (unpaired) electrons. The molecule has 2 atom stereocenters. The lowest BCUT2D eigenvalue weighted by Crippen LogP contribution is -3.27. The van der Waals surface area contributed by atoms with Gasteiger partial charge in [-0.3, -0.25) is 0 Å². The van der Waals surface area contributed by atoms with Crippen LogP contribution in [0.1, 0.15) is 38.1 Å². The van der Waals surface area contributed by atoms with Gasteiger partial charge in [-0.25, -0.2) is 4.68 Å². The number of likely N-dealkylation sites (N-methyl/N-ethyl adjacent to an activating group) is 1. The van der Waals surface area contributed by atoms with Crippen LogP contribution in [0.4, 0.5) is 0 Å². The molecule has 3 rings (SSSR count). The van der Waals surface area contributed by atoms with E-state index in [4.69, 9.17) is 4.74 Å². The van der Waals surface area contributed by atoms with Gasteiger partial charge in [0.15, 0.2) is 0 Å². The largest absolute Gasteiger partial charge is 0.376 e. The van der Waals surface area contributed by atoms with Crippen LogP contribution in [0.25, 0.3) is 0 Å². The molecule has 118 valence electrons. The third kappa shape index (κ3) is 3.41. The molecule has 1 aromatic heterocycles. The number of hydrogen-bond acceptors (Lipinski definition) is 4. The molecule has 0 aliphatic carbocycles. The van der Waals surface area contributed by atoms with Crippen molar-refractivity contribution in [3.63, 3.8) is 0 Å². The first-order valence-corrected chi connectivity index (χ1v) is 8.31. The summed E-state index contributed by atoms with van der Waals surface area (Å²) in [7, 11) is 2.28. The van der Waals surface area contributed by atoms with Crippen molar-refractivity contribution in [3.8, 4) is 0 Å². The van der Waals surface area contributed by atoms with Crippen molar-refractivity contribution in [2.45, 2.75) is 44.9 Å². The molecule has 2 aliphatic rings. The predicted octanol–water partition coefficient (Wildman–Crippen LogP) is -2.28. The summed E-state index contributed by atoms with van der Waals surface area (Å²) in [5, 5.41) is 12.5. The number of nitrogens with zero attached hydrogens (tertiary/aromatic N) is 4. The topological polar surface area (TPSA) is 61.7 Å². The van der Waals surface area contributed by atoms with Crippen LogP contribution in [-0.4, -0.2) is 66.1 Å². The Morgan fingerprint density at radius 3 is 2.81 bits per heavy atom. The second kappa shape index (κ2) is 6.81. The number of tetrazole rings is 1. The highest BCUT2D eigenvalue weighted by Crippen LogP contribution is 2.16. The van der Waals surface area contributed by atoms with Gasteiger partial charge in [0, 0.05) is 13.0 Å². The Balaban J connectivity index is 1.70. The van der Waals surface area contributed by atoms with Crippen molar-refractivity contribution >= 4 is 0 Å². The minimum Gasteiger partial charge on any atom is -0.376 e. The zero-order valence-corrected chi connectivity index (χ0v) is 13.2. The molecule has 0 amide bonds. The van der Waals surface area contributed by atoms with E-state index >= 15 is 0 Å². The standard InChI is InChI=1S/C14H26N6O/c1-3-13(19-8-6-18(2)7-9-19)14-15-16-17-20(14)11-12-5-4-10-21-12/h12-13H,3-11H2,1-2H3/p+2/t12-,13+/m0/s1. The predicted molar refractivity (Wildman–Crippen MR) is 77.1 cm³/mol. The molecular weight excluding hydrogens is 268 g/mol. The van der Waals surface area contributed by atoms with E-state index < -0.39 is 0 Å². The second-order valence-electron chi connectivity index (χ2n) is 6.43. The Morgan fingerprint density at radius 2 is 2.14 bits per heavy atom. The number of quaternary nitrogens is 2. The minimum atomic E-state index is 0.289. The SMILES string of the molecule is CC[C@H](c1nnnn1C[C@@H]1CCCO1)[NH+]1CC[NH+](C)CC1. The maximum Gasteiger partial charge on any atom is 0.209 e. The zero-order chi connectivity index (χ0) is 14.7. The number of rotatable bonds is 5. The summed E-state index contributed by atoms with van der Waals surface area (Å²) in [5.41, 5.74) is 0. The van der Waals surface area contributed by atoms with Gasteiger partial charge in [-0.2, -0.15) is 0 Å². The van der Waals surface area contributed by atoms with Crippen LogP contribution >= 0.6 is 0 Å². The maximum absolute atomic E-state index is 5.73. The van der Waals surface area contributed by atoms with Crippen molar-refractivity contribution in [2.75, 3.05) is 39.8 Å². The summed E-state index contributed by atoms with van der Waals surface area (Å²) in [6, 6.07) is 0.412. The Morgan fingerprint density at radius 1 is 1.33 bits per heavy atom. The summed E-state index contributed by atoms with van der Waals surface area (Å²) >= 11 is 0. The third-order valence-corrected chi connectivity index (χ3v) is 4.92. The molecule has 7 nitrogen and oxygen atoms in total. The Kier molecular flexibility index (Phi) is 4.82. The van der Waals surface area contributed by atoms with Crippen molar-refractivity contribution in [2.24, 2.45) is 0 Å². The first-order chi connectivity index (χ1) is 10.3. The van der Waals surface area contributed by atoms with Gasteiger partial charge >= 0.3 is 0 Å². The summed E-state index contributed by atoms with van der Waals surface area (Å²) in [6.45, 7) is 8.81. The molecule has 21 heavy (non-hydrogen) atoms. The first-order valence-electron chi connectivity index (χ1n) is 8.31.